The molecule has 1 aromatic heterocycles. The van der Waals surface area contributed by atoms with Crippen LogP contribution in [0.4, 0.5) is 11.4 Å². The molecule has 2 N–H and O–H groups in total. The minimum absolute atomic E-state index is 0.0466. The lowest BCUT2D eigenvalue weighted by molar-refractivity contribution is 0.607. The van der Waals surface area contributed by atoms with Gasteiger partial charge in [-0.2, -0.15) is 0 Å². The summed E-state index contributed by atoms with van der Waals surface area (Å²) in [5, 5.41) is 5.83. The largest absolute Gasteiger partial charge is 0.376 e. The predicted octanol–water partition coefficient (Wildman–Crippen LogP) is 4.71. The monoisotopic (exact) mass is 408 g/mol. The lowest BCUT2D eigenvalue weighted by atomic mass is 10.2. The summed E-state index contributed by atoms with van der Waals surface area (Å²) in [7, 11) is -3.31. The minimum atomic E-state index is -3.31. The Labute approximate surface area is 141 Å². The zero-order chi connectivity index (χ0) is 15.6. The van der Waals surface area contributed by atoms with Gasteiger partial charge in [0.15, 0.2) is 0 Å². The van der Waals surface area contributed by atoms with Gasteiger partial charge in [-0.05, 0) is 52.5 Å². The number of rotatable bonds is 5. The van der Waals surface area contributed by atoms with Crippen molar-refractivity contribution in [3.63, 3.8) is 0 Å². The molecule has 114 valence electrons. The molecule has 0 spiro atoms. The molecular formula is C13H14BrClN2O2S2. The highest BCUT2D eigenvalue weighted by Gasteiger charge is 2.13. The molecule has 1 unspecified atom stereocenters. The molecule has 1 aromatic carbocycles. The highest BCUT2D eigenvalue weighted by molar-refractivity contribution is 9.10. The summed E-state index contributed by atoms with van der Waals surface area (Å²) in [6, 6.07) is 7.00. The number of hydrogen-bond acceptors (Lipinski definition) is 4. The molecule has 0 saturated carbocycles. The van der Waals surface area contributed by atoms with Crippen molar-refractivity contribution < 1.29 is 8.42 Å². The molecule has 0 aliphatic carbocycles. The standard InChI is InChI=1S/C13H14BrClN2O2S2/c1-8(13-10(14)5-6-20-13)16-12-7-9(3-4-11(12)15)17-21(2,18)19/h3-8,16-17H,1-2H3. The van der Waals surface area contributed by atoms with Crippen LogP contribution >= 0.6 is 38.9 Å². The van der Waals surface area contributed by atoms with Crippen molar-refractivity contribution in [2.45, 2.75) is 13.0 Å². The fraction of sp³-hybridized carbons (Fsp3) is 0.231. The van der Waals surface area contributed by atoms with Gasteiger partial charge >= 0.3 is 0 Å². The van der Waals surface area contributed by atoms with Crippen LogP contribution in [0.1, 0.15) is 17.8 Å². The number of halogens is 2. The van der Waals surface area contributed by atoms with Gasteiger partial charge in [-0.1, -0.05) is 11.6 Å². The van der Waals surface area contributed by atoms with Gasteiger partial charge in [0, 0.05) is 9.35 Å². The molecule has 0 amide bonds. The first-order chi connectivity index (χ1) is 9.76. The highest BCUT2D eigenvalue weighted by Crippen LogP contribution is 2.34. The summed E-state index contributed by atoms with van der Waals surface area (Å²) in [4.78, 5) is 1.15. The van der Waals surface area contributed by atoms with Gasteiger partial charge in [-0.25, -0.2) is 8.42 Å². The second kappa shape index (κ2) is 6.56. The van der Waals surface area contributed by atoms with E-state index in [9.17, 15) is 8.42 Å². The molecule has 1 heterocycles. The summed E-state index contributed by atoms with van der Waals surface area (Å²) in [5.74, 6) is 0. The van der Waals surface area contributed by atoms with Gasteiger partial charge in [-0.3, -0.25) is 4.72 Å². The average molecular weight is 410 g/mol. The van der Waals surface area contributed by atoms with E-state index in [0.717, 1.165) is 15.6 Å². The number of benzene rings is 1. The number of hydrogen-bond donors (Lipinski definition) is 2. The molecule has 0 radical (unpaired) electrons. The number of nitrogens with one attached hydrogen (secondary N) is 2. The highest BCUT2D eigenvalue weighted by atomic mass is 79.9. The van der Waals surface area contributed by atoms with E-state index in [-0.39, 0.29) is 6.04 Å². The normalized spacial score (nSPS) is 13.0. The van der Waals surface area contributed by atoms with E-state index in [4.69, 9.17) is 11.6 Å². The first kappa shape index (κ1) is 16.6. The number of anilines is 2. The maximum atomic E-state index is 11.3. The Morgan fingerprint density at radius 2 is 2.05 bits per heavy atom. The Hall–Kier alpha value is -0.760. The first-order valence-corrected chi connectivity index (χ1v) is 9.97. The summed E-state index contributed by atoms with van der Waals surface area (Å²) in [5.41, 5.74) is 1.15. The summed E-state index contributed by atoms with van der Waals surface area (Å²) in [6.45, 7) is 2.02. The lowest BCUT2D eigenvalue weighted by Gasteiger charge is -2.17. The van der Waals surface area contributed by atoms with Gasteiger partial charge in [0.25, 0.3) is 0 Å². The van der Waals surface area contributed by atoms with Gasteiger partial charge in [-0.15, -0.1) is 11.3 Å². The smallest absolute Gasteiger partial charge is 0.229 e. The second-order valence-electron chi connectivity index (χ2n) is 4.57. The molecule has 0 aliphatic heterocycles. The quantitative estimate of drug-likeness (QED) is 0.752. The maximum Gasteiger partial charge on any atom is 0.229 e. The molecule has 21 heavy (non-hydrogen) atoms. The molecule has 2 aromatic rings. The Kier molecular flexibility index (Phi) is 5.19. The predicted molar refractivity (Wildman–Crippen MR) is 94.0 cm³/mol. The lowest BCUT2D eigenvalue weighted by Crippen LogP contribution is -2.10. The average Bonchev–Trinajstić information content (AvgIpc) is 2.78. The van der Waals surface area contributed by atoms with Crippen LogP contribution in [0.25, 0.3) is 0 Å². The van der Waals surface area contributed by atoms with E-state index in [2.05, 4.69) is 26.0 Å². The van der Waals surface area contributed by atoms with E-state index in [0.29, 0.717) is 16.4 Å². The van der Waals surface area contributed by atoms with Crippen LogP contribution in [-0.4, -0.2) is 14.7 Å². The van der Waals surface area contributed by atoms with Crippen LogP contribution in [0.3, 0.4) is 0 Å². The molecule has 0 fully saturated rings. The van der Waals surface area contributed by atoms with E-state index in [1.807, 2.05) is 18.4 Å². The first-order valence-electron chi connectivity index (χ1n) is 6.03. The zero-order valence-corrected chi connectivity index (χ0v) is 15.3. The molecule has 1 atom stereocenters. The third kappa shape index (κ3) is 4.60. The van der Waals surface area contributed by atoms with Crippen molar-refractivity contribution in [1.82, 2.24) is 0 Å². The summed E-state index contributed by atoms with van der Waals surface area (Å²) >= 11 is 11.3. The van der Waals surface area contributed by atoms with Crippen molar-refractivity contribution in [3.8, 4) is 0 Å². The van der Waals surface area contributed by atoms with Crippen molar-refractivity contribution in [1.29, 1.82) is 0 Å². The number of thiophene rings is 1. The molecule has 0 aliphatic rings. The van der Waals surface area contributed by atoms with Crippen molar-refractivity contribution in [3.05, 3.63) is 44.0 Å². The zero-order valence-electron chi connectivity index (χ0n) is 11.4. The Morgan fingerprint density at radius 3 is 2.62 bits per heavy atom. The fourth-order valence-corrected chi connectivity index (χ4v) is 4.28. The van der Waals surface area contributed by atoms with Crippen LogP contribution in [-0.2, 0) is 10.0 Å². The fourth-order valence-electron chi connectivity index (χ4n) is 1.83. The van der Waals surface area contributed by atoms with Crippen molar-refractivity contribution >= 4 is 60.3 Å². The van der Waals surface area contributed by atoms with E-state index in [1.165, 1.54) is 0 Å². The van der Waals surface area contributed by atoms with Gasteiger partial charge in [0.2, 0.25) is 10.0 Å². The van der Waals surface area contributed by atoms with Crippen LogP contribution in [0.2, 0.25) is 5.02 Å². The third-order valence-electron chi connectivity index (χ3n) is 2.68. The molecule has 0 bridgehead atoms. The van der Waals surface area contributed by atoms with Crippen LogP contribution in [0, 0.1) is 0 Å². The summed E-state index contributed by atoms with van der Waals surface area (Å²) < 4.78 is 26.0. The van der Waals surface area contributed by atoms with Crippen LogP contribution in [0.15, 0.2) is 34.1 Å². The van der Waals surface area contributed by atoms with Gasteiger partial charge < -0.3 is 5.32 Å². The molecule has 4 nitrogen and oxygen atoms in total. The van der Waals surface area contributed by atoms with E-state index in [1.54, 1.807) is 29.5 Å². The molecule has 0 saturated heterocycles. The molecule has 2 rings (SSSR count). The van der Waals surface area contributed by atoms with E-state index < -0.39 is 10.0 Å². The van der Waals surface area contributed by atoms with Crippen molar-refractivity contribution in [2.75, 3.05) is 16.3 Å². The van der Waals surface area contributed by atoms with Crippen molar-refractivity contribution in [2.24, 2.45) is 0 Å². The Bertz CT molecular complexity index is 746. The summed E-state index contributed by atoms with van der Waals surface area (Å²) in [6.07, 6.45) is 1.11. The van der Waals surface area contributed by atoms with E-state index >= 15 is 0 Å². The third-order valence-corrected chi connectivity index (χ3v) is 5.67. The topological polar surface area (TPSA) is 58.2 Å². The Morgan fingerprint density at radius 1 is 1.33 bits per heavy atom. The van der Waals surface area contributed by atoms with Gasteiger partial charge in [0.05, 0.1) is 28.7 Å². The molecular weight excluding hydrogens is 396 g/mol. The van der Waals surface area contributed by atoms with Crippen LogP contribution < -0.4 is 10.0 Å². The second-order valence-corrected chi connectivity index (χ2v) is 8.53. The van der Waals surface area contributed by atoms with Gasteiger partial charge in [0.1, 0.15) is 0 Å². The molecule has 8 heteroatoms. The minimum Gasteiger partial charge on any atom is -0.376 e. The number of sulfonamides is 1. The van der Waals surface area contributed by atoms with Crippen LogP contribution in [0.5, 0.6) is 0 Å². The SMILES string of the molecule is CC(Nc1cc(NS(C)(=O)=O)ccc1Cl)c1sccc1Br. The maximum absolute atomic E-state index is 11.3. The Balaban J connectivity index is 2.23.